The van der Waals surface area contributed by atoms with Crippen molar-refractivity contribution in [3.63, 3.8) is 0 Å². The maximum absolute atomic E-state index is 13.1. The van der Waals surface area contributed by atoms with Crippen LogP contribution in [0.3, 0.4) is 0 Å². The summed E-state index contributed by atoms with van der Waals surface area (Å²) < 4.78 is 13.1. The first kappa shape index (κ1) is 14.5. The van der Waals surface area contributed by atoms with Gasteiger partial charge in [-0.2, -0.15) is 4.39 Å². The van der Waals surface area contributed by atoms with Gasteiger partial charge in [-0.1, -0.05) is 5.92 Å². The monoisotopic (exact) mass is 319 g/mol. The van der Waals surface area contributed by atoms with Crippen molar-refractivity contribution in [2.75, 3.05) is 11.4 Å². The SMILES string of the molecule is O=C1CCCN1c1ccc(C#Cc2cc3nc(F)ccc3[nH]2)cc1. The fraction of sp³-hybridized carbons (Fsp3) is 0.158. The van der Waals surface area contributed by atoms with Crippen molar-refractivity contribution in [3.8, 4) is 11.8 Å². The Kier molecular flexibility index (Phi) is 3.51. The lowest BCUT2D eigenvalue weighted by atomic mass is 10.2. The number of carbonyl (C=O) groups excluding carboxylic acids is 1. The summed E-state index contributed by atoms with van der Waals surface area (Å²) in [6.07, 6.45) is 1.53. The molecule has 1 fully saturated rings. The molecule has 2 aromatic heterocycles. The van der Waals surface area contributed by atoms with E-state index in [1.807, 2.05) is 24.3 Å². The van der Waals surface area contributed by atoms with Crippen molar-refractivity contribution in [1.29, 1.82) is 0 Å². The van der Waals surface area contributed by atoms with Gasteiger partial charge in [0, 0.05) is 24.2 Å². The first-order valence-corrected chi connectivity index (χ1v) is 7.77. The topological polar surface area (TPSA) is 49.0 Å². The van der Waals surface area contributed by atoms with Crippen molar-refractivity contribution in [2.24, 2.45) is 0 Å². The summed E-state index contributed by atoms with van der Waals surface area (Å²) in [6.45, 7) is 0.780. The summed E-state index contributed by atoms with van der Waals surface area (Å²) in [7, 11) is 0. The number of halogens is 1. The van der Waals surface area contributed by atoms with Crippen molar-refractivity contribution in [1.82, 2.24) is 9.97 Å². The van der Waals surface area contributed by atoms with Crippen molar-refractivity contribution in [3.05, 3.63) is 59.7 Å². The molecule has 118 valence electrons. The van der Waals surface area contributed by atoms with Crippen molar-refractivity contribution >= 4 is 22.6 Å². The van der Waals surface area contributed by atoms with Gasteiger partial charge in [-0.3, -0.25) is 4.79 Å². The molecule has 5 heteroatoms. The van der Waals surface area contributed by atoms with E-state index < -0.39 is 5.95 Å². The number of hydrogen-bond donors (Lipinski definition) is 1. The second-order valence-corrected chi connectivity index (χ2v) is 5.70. The summed E-state index contributed by atoms with van der Waals surface area (Å²) in [5, 5.41) is 0. The predicted octanol–water partition coefficient (Wildman–Crippen LogP) is 3.23. The Labute approximate surface area is 138 Å². The standard InChI is InChI=1S/C19H14FN3O/c20-18-10-9-16-17(22-18)12-14(21-16)6-3-13-4-7-15(8-5-13)23-11-1-2-19(23)24/h4-5,7-10,12,21H,1-2,11H2. The van der Waals surface area contributed by atoms with E-state index in [1.165, 1.54) is 6.07 Å². The Balaban J connectivity index is 1.56. The lowest BCUT2D eigenvalue weighted by molar-refractivity contribution is -0.117. The van der Waals surface area contributed by atoms with Gasteiger partial charge in [0.15, 0.2) is 0 Å². The van der Waals surface area contributed by atoms with Gasteiger partial charge in [0.2, 0.25) is 11.9 Å². The molecule has 1 N–H and O–H groups in total. The van der Waals surface area contributed by atoms with E-state index in [0.717, 1.165) is 29.7 Å². The minimum atomic E-state index is -0.506. The zero-order valence-electron chi connectivity index (χ0n) is 12.8. The summed E-state index contributed by atoms with van der Waals surface area (Å²) in [4.78, 5) is 20.5. The molecule has 3 aromatic rings. The quantitative estimate of drug-likeness (QED) is 0.553. The summed E-state index contributed by atoms with van der Waals surface area (Å²) >= 11 is 0. The Bertz CT molecular complexity index is 979. The minimum absolute atomic E-state index is 0.173. The third kappa shape index (κ3) is 2.74. The van der Waals surface area contributed by atoms with Gasteiger partial charge < -0.3 is 9.88 Å². The lowest BCUT2D eigenvalue weighted by Crippen LogP contribution is -2.23. The first-order valence-electron chi connectivity index (χ1n) is 7.77. The summed E-state index contributed by atoms with van der Waals surface area (Å²) in [6, 6.07) is 12.3. The number of H-pyrrole nitrogens is 1. The van der Waals surface area contributed by atoms with Crippen LogP contribution in [0.25, 0.3) is 11.0 Å². The van der Waals surface area contributed by atoms with Crippen LogP contribution in [-0.4, -0.2) is 22.4 Å². The van der Waals surface area contributed by atoms with Crippen LogP contribution in [0, 0.1) is 17.8 Å². The highest BCUT2D eigenvalue weighted by atomic mass is 19.1. The number of nitrogens with one attached hydrogen (secondary N) is 1. The predicted molar refractivity (Wildman–Crippen MR) is 90.1 cm³/mol. The molecule has 0 radical (unpaired) electrons. The van der Waals surface area contributed by atoms with Gasteiger partial charge in [-0.05, 0) is 54.8 Å². The molecular formula is C19H14FN3O. The van der Waals surface area contributed by atoms with Crippen LogP contribution < -0.4 is 4.90 Å². The van der Waals surface area contributed by atoms with E-state index in [0.29, 0.717) is 17.6 Å². The smallest absolute Gasteiger partial charge is 0.227 e. The van der Waals surface area contributed by atoms with Crippen molar-refractivity contribution in [2.45, 2.75) is 12.8 Å². The number of benzene rings is 1. The van der Waals surface area contributed by atoms with E-state index in [4.69, 9.17) is 0 Å². The van der Waals surface area contributed by atoms with E-state index >= 15 is 0 Å². The van der Waals surface area contributed by atoms with Crippen LogP contribution in [0.4, 0.5) is 10.1 Å². The first-order chi connectivity index (χ1) is 11.7. The van der Waals surface area contributed by atoms with E-state index in [-0.39, 0.29) is 5.91 Å². The maximum atomic E-state index is 13.1. The fourth-order valence-corrected chi connectivity index (χ4v) is 2.84. The van der Waals surface area contributed by atoms with Gasteiger partial charge in [0.05, 0.1) is 16.7 Å². The Hall–Kier alpha value is -3.13. The largest absolute Gasteiger partial charge is 0.347 e. The number of nitrogens with zero attached hydrogens (tertiary/aromatic N) is 2. The second-order valence-electron chi connectivity index (χ2n) is 5.70. The van der Waals surface area contributed by atoms with Crippen LogP contribution in [0.5, 0.6) is 0 Å². The average molecular weight is 319 g/mol. The third-order valence-electron chi connectivity index (χ3n) is 4.04. The number of fused-ring (bicyclic) bond motifs is 1. The Morgan fingerprint density at radius 1 is 1.12 bits per heavy atom. The van der Waals surface area contributed by atoms with Crippen LogP contribution >= 0.6 is 0 Å². The molecule has 0 atom stereocenters. The zero-order valence-corrected chi connectivity index (χ0v) is 12.8. The average Bonchev–Trinajstić information content (AvgIpc) is 3.19. The van der Waals surface area contributed by atoms with E-state index in [1.54, 1.807) is 17.0 Å². The molecule has 1 amide bonds. The molecule has 1 aliphatic heterocycles. The fourth-order valence-electron chi connectivity index (χ4n) is 2.84. The third-order valence-corrected chi connectivity index (χ3v) is 4.04. The number of amides is 1. The molecule has 0 bridgehead atoms. The molecule has 3 heterocycles. The molecule has 4 rings (SSSR count). The molecule has 24 heavy (non-hydrogen) atoms. The lowest BCUT2D eigenvalue weighted by Gasteiger charge is -2.15. The molecule has 1 aromatic carbocycles. The van der Waals surface area contributed by atoms with Crippen molar-refractivity contribution < 1.29 is 9.18 Å². The van der Waals surface area contributed by atoms with Gasteiger partial charge >= 0.3 is 0 Å². The van der Waals surface area contributed by atoms with E-state index in [2.05, 4.69) is 21.8 Å². The molecule has 0 unspecified atom stereocenters. The Morgan fingerprint density at radius 2 is 1.96 bits per heavy atom. The zero-order chi connectivity index (χ0) is 16.5. The summed E-state index contributed by atoms with van der Waals surface area (Å²) in [5.74, 6) is 5.74. The highest BCUT2D eigenvalue weighted by Gasteiger charge is 2.21. The van der Waals surface area contributed by atoms with Crippen LogP contribution in [-0.2, 0) is 4.79 Å². The number of pyridine rings is 1. The second kappa shape index (κ2) is 5.82. The highest BCUT2D eigenvalue weighted by Crippen LogP contribution is 2.21. The van der Waals surface area contributed by atoms with Gasteiger partial charge in [-0.25, -0.2) is 4.98 Å². The van der Waals surface area contributed by atoms with Crippen LogP contribution in [0.2, 0.25) is 0 Å². The number of carbonyl (C=O) groups is 1. The highest BCUT2D eigenvalue weighted by molar-refractivity contribution is 5.95. The summed E-state index contributed by atoms with van der Waals surface area (Å²) in [5.41, 5.74) is 3.75. The maximum Gasteiger partial charge on any atom is 0.227 e. The Morgan fingerprint density at radius 3 is 2.71 bits per heavy atom. The van der Waals surface area contributed by atoms with Gasteiger partial charge in [0.25, 0.3) is 0 Å². The number of rotatable bonds is 1. The minimum Gasteiger partial charge on any atom is -0.347 e. The molecule has 1 saturated heterocycles. The molecule has 0 aliphatic carbocycles. The van der Waals surface area contributed by atoms with Crippen LogP contribution in [0.15, 0.2) is 42.5 Å². The van der Waals surface area contributed by atoms with Crippen LogP contribution in [0.1, 0.15) is 24.1 Å². The normalized spacial score (nSPS) is 14.0. The van der Waals surface area contributed by atoms with E-state index in [9.17, 15) is 9.18 Å². The number of aromatic nitrogens is 2. The molecule has 1 aliphatic rings. The number of hydrogen-bond acceptors (Lipinski definition) is 2. The number of anilines is 1. The molecule has 0 saturated carbocycles. The van der Waals surface area contributed by atoms with Gasteiger partial charge in [0.1, 0.15) is 0 Å². The molecular weight excluding hydrogens is 305 g/mol. The molecule has 0 spiro atoms. The van der Waals surface area contributed by atoms with Gasteiger partial charge in [-0.15, -0.1) is 0 Å². The molecule has 4 nitrogen and oxygen atoms in total. The number of aromatic amines is 1.